The molecule has 0 aliphatic carbocycles. The number of ether oxygens (including phenoxy) is 1. The van der Waals surface area contributed by atoms with Crippen molar-refractivity contribution in [2.45, 2.75) is 20.1 Å². The van der Waals surface area contributed by atoms with E-state index in [0.717, 1.165) is 16.7 Å². The smallest absolute Gasteiger partial charge is 0.0716 e. The van der Waals surface area contributed by atoms with Gasteiger partial charge < -0.3 is 10.1 Å². The van der Waals surface area contributed by atoms with Crippen LogP contribution in [0.3, 0.4) is 0 Å². The highest BCUT2D eigenvalue weighted by Crippen LogP contribution is 2.24. The molecule has 0 fully saturated rings. The van der Waals surface area contributed by atoms with Gasteiger partial charge in [0.25, 0.3) is 0 Å². The first kappa shape index (κ1) is 14.1. The van der Waals surface area contributed by atoms with Crippen LogP contribution in [0.2, 0.25) is 0 Å². The lowest BCUT2D eigenvalue weighted by molar-refractivity contribution is 0.184. The van der Waals surface area contributed by atoms with Crippen molar-refractivity contribution in [3.63, 3.8) is 0 Å². The highest BCUT2D eigenvalue weighted by atomic mass is 79.9. The highest BCUT2D eigenvalue weighted by Gasteiger charge is 2.03. The van der Waals surface area contributed by atoms with Gasteiger partial charge in [-0.25, -0.2) is 0 Å². The molecule has 2 rings (SSSR count). The van der Waals surface area contributed by atoms with Crippen LogP contribution in [0, 0.1) is 6.92 Å². The van der Waals surface area contributed by atoms with Crippen molar-refractivity contribution in [1.29, 1.82) is 0 Å². The molecule has 0 unspecified atom stereocenters. The number of benzene rings is 2. The third-order valence-electron chi connectivity index (χ3n) is 3.01. The molecule has 0 heterocycles. The fraction of sp³-hybridized carbons (Fsp3) is 0.250. The van der Waals surface area contributed by atoms with Crippen LogP contribution >= 0.6 is 15.9 Å². The summed E-state index contributed by atoms with van der Waals surface area (Å²) < 4.78 is 6.32. The first-order valence-electron chi connectivity index (χ1n) is 6.26. The molecule has 2 nitrogen and oxygen atoms in total. The molecule has 0 aliphatic rings. The van der Waals surface area contributed by atoms with Gasteiger partial charge in [-0.3, -0.25) is 0 Å². The van der Waals surface area contributed by atoms with Crippen molar-refractivity contribution in [2.24, 2.45) is 0 Å². The van der Waals surface area contributed by atoms with Gasteiger partial charge in [0.05, 0.1) is 6.61 Å². The summed E-state index contributed by atoms with van der Waals surface area (Å²) in [5, 5.41) is 3.45. The molecule has 0 saturated carbocycles. The Kier molecular flexibility index (Phi) is 5.00. The quantitative estimate of drug-likeness (QED) is 0.875. The van der Waals surface area contributed by atoms with Crippen LogP contribution in [0.25, 0.3) is 0 Å². The average molecular weight is 320 g/mol. The Morgan fingerprint density at radius 2 is 1.84 bits per heavy atom. The van der Waals surface area contributed by atoms with Gasteiger partial charge in [-0.1, -0.05) is 30.3 Å². The topological polar surface area (TPSA) is 21.3 Å². The standard InChI is InChI=1S/C16H18BrNO/c1-12-7-8-16(15(17)9-12)18-10-13-5-3-4-6-14(13)11-19-2/h3-9,18H,10-11H2,1-2H3. The molecule has 19 heavy (non-hydrogen) atoms. The van der Waals surface area contributed by atoms with Crippen molar-refractivity contribution in [1.82, 2.24) is 0 Å². The summed E-state index contributed by atoms with van der Waals surface area (Å²) in [4.78, 5) is 0. The number of halogens is 1. The summed E-state index contributed by atoms with van der Waals surface area (Å²) in [5.41, 5.74) is 4.84. The molecule has 1 N–H and O–H groups in total. The third kappa shape index (κ3) is 3.82. The predicted octanol–water partition coefficient (Wildman–Crippen LogP) is 4.52. The molecule has 0 radical (unpaired) electrons. The van der Waals surface area contributed by atoms with Crippen LogP contribution in [-0.2, 0) is 17.9 Å². The second kappa shape index (κ2) is 6.73. The minimum Gasteiger partial charge on any atom is -0.380 e. The van der Waals surface area contributed by atoms with Crippen LogP contribution in [-0.4, -0.2) is 7.11 Å². The van der Waals surface area contributed by atoms with Gasteiger partial charge in [-0.05, 0) is 51.7 Å². The van der Waals surface area contributed by atoms with Crippen LogP contribution in [0.5, 0.6) is 0 Å². The van der Waals surface area contributed by atoms with Crippen molar-refractivity contribution in [3.8, 4) is 0 Å². The van der Waals surface area contributed by atoms with E-state index < -0.39 is 0 Å². The lowest BCUT2D eigenvalue weighted by atomic mass is 10.1. The molecule has 2 aromatic carbocycles. The van der Waals surface area contributed by atoms with E-state index in [0.29, 0.717) is 6.61 Å². The van der Waals surface area contributed by atoms with Crippen molar-refractivity contribution < 1.29 is 4.74 Å². The van der Waals surface area contributed by atoms with E-state index in [2.05, 4.69) is 64.6 Å². The second-order valence-electron chi connectivity index (χ2n) is 4.54. The Morgan fingerprint density at radius 1 is 1.11 bits per heavy atom. The lowest BCUT2D eigenvalue weighted by Crippen LogP contribution is -2.04. The van der Waals surface area contributed by atoms with Crippen LogP contribution in [0.1, 0.15) is 16.7 Å². The van der Waals surface area contributed by atoms with E-state index in [1.165, 1.54) is 16.7 Å². The number of hydrogen-bond acceptors (Lipinski definition) is 2. The van der Waals surface area contributed by atoms with E-state index in [4.69, 9.17) is 4.74 Å². The Labute approximate surface area is 122 Å². The fourth-order valence-electron chi connectivity index (χ4n) is 1.98. The maximum absolute atomic E-state index is 5.22. The normalized spacial score (nSPS) is 10.5. The Morgan fingerprint density at radius 3 is 2.53 bits per heavy atom. The SMILES string of the molecule is COCc1ccccc1CNc1ccc(C)cc1Br. The van der Waals surface area contributed by atoms with Crippen LogP contribution < -0.4 is 5.32 Å². The van der Waals surface area contributed by atoms with E-state index in [-0.39, 0.29) is 0 Å². The molecular weight excluding hydrogens is 302 g/mol. The Balaban J connectivity index is 2.10. The van der Waals surface area contributed by atoms with Crippen molar-refractivity contribution in [2.75, 3.05) is 12.4 Å². The first-order chi connectivity index (χ1) is 9.20. The summed E-state index contributed by atoms with van der Waals surface area (Å²) in [6, 6.07) is 14.6. The van der Waals surface area contributed by atoms with Gasteiger partial charge in [-0.2, -0.15) is 0 Å². The number of nitrogens with one attached hydrogen (secondary N) is 1. The zero-order chi connectivity index (χ0) is 13.7. The van der Waals surface area contributed by atoms with Gasteiger partial charge in [0.2, 0.25) is 0 Å². The van der Waals surface area contributed by atoms with Gasteiger partial charge >= 0.3 is 0 Å². The maximum atomic E-state index is 5.22. The molecule has 3 heteroatoms. The summed E-state index contributed by atoms with van der Waals surface area (Å²) >= 11 is 3.58. The lowest BCUT2D eigenvalue weighted by Gasteiger charge is -2.12. The molecule has 0 aromatic heterocycles. The third-order valence-corrected chi connectivity index (χ3v) is 3.67. The number of aryl methyl sites for hydroxylation is 1. The molecule has 0 spiro atoms. The van der Waals surface area contributed by atoms with Crippen LogP contribution in [0.15, 0.2) is 46.9 Å². The highest BCUT2D eigenvalue weighted by molar-refractivity contribution is 9.10. The molecule has 0 bridgehead atoms. The predicted molar refractivity (Wildman–Crippen MR) is 83.4 cm³/mol. The van der Waals surface area contributed by atoms with Crippen LogP contribution in [0.4, 0.5) is 5.69 Å². The number of hydrogen-bond donors (Lipinski definition) is 1. The Bertz CT molecular complexity index is 554. The zero-order valence-corrected chi connectivity index (χ0v) is 12.8. The molecule has 0 saturated heterocycles. The summed E-state index contributed by atoms with van der Waals surface area (Å²) in [7, 11) is 1.72. The van der Waals surface area contributed by atoms with Crippen molar-refractivity contribution in [3.05, 3.63) is 63.6 Å². The van der Waals surface area contributed by atoms with E-state index >= 15 is 0 Å². The van der Waals surface area contributed by atoms with Crippen molar-refractivity contribution >= 4 is 21.6 Å². The van der Waals surface area contributed by atoms with E-state index in [1.807, 2.05) is 6.07 Å². The molecule has 0 amide bonds. The molecular formula is C16H18BrNO. The number of rotatable bonds is 5. The second-order valence-corrected chi connectivity index (χ2v) is 5.39. The Hall–Kier alpha value is -1.32. The minimum atomic E-state index is 0.646. The molecule has 2 aromatic rings. The molecule has 0 aliphatic heterocycles. The molecule has 0 atom stereocenters. The monoisotopic (exact) mass is 319 g/mol. The van der Waals surface area contributed by atoms with E-state index in [9.17, 15) is 0 Å². The summed E-state index contributed by atoms with van der Waals surface area (Å²) in [6.45, 7) is 3.52. The van der Waals surface area contributed by atoms with Gasteiger partial charge in [-0.15, -0.1) is 0 Å². The number of methoxy groups -OCH3 is 1. The maximum Gasteiger partial charge on any atom is 0.0716 e. The van der Waals surface area contributed by atoms with Gasteiger partial charge in [0, 0.05) is 23.8 Å². The zero-order valence-electron chi connectivity index (χ0n) is 11.2. The average Bonchev–Trinajstić information content (AvgIpc) is 2.40. The fourth-order valence-corrected chi connectivity index (χ4v) is 2.61. The minimum absolute atomic E-state index is 0.646. The summed E-state index contributed by atoms with van der Waals surface area (Å²) in [6.07, 6.45) is 0. The number of anilines is 1. The largest absolute Gasteiger partial charge is 0.380 e. The summed E-state index contributed by atoms with van der Waals surface area (Å²) in [5.74, 6) is 0. The molecule has 100 valence electrons. The van der Waals surface area contributed by atoms with Gasteiger partial charge in [0.15, 0.2) is 0 Å². The van der Waals surface area contributed by atoms with Gasteiger partial charge in [0.1, 0.15) is 0 Å². The first-order valence-corrected chi connectivity index (χ1v) is 7.05. The van der Waals surface area contributed by atoms with E-state index in [1.54, 1.807) is 7.11 Å².